The van der Waals surface area contributed by atoms with E-state index in [0.29, 0.717) is 0 Å². The molecular formula is C10H16N6. The van der Waals surface area contributed by atoms with Gasteiger partial charge in [0.05, 0.1) is 6.20 Å². The molecule has 0 aromatic carbocycles. The molecule has 2 aromatic rings. The van der Waals surface area contributed by atoms with Gasteiger partial charge in [-0.05, 0) is 6.92 Å². The molecule has 1 unspecified atom stereocenters. The summed E-state index contributed by atoms with van der Waals surface area (Å²) in [6.45, 7) is 2.01. The van der Waals surface area contributed by atoms with E-state index in [4.69, 9.17) is 5.84 Å². The molecule has 6 nitrogen and oxygen atoms in total. The van der Waals surface area contributed by atoms with Crippen molar-refractivity contribution in [2.75, 3.05) is 0 Å². The molecule has 0 saturated heterocycles. The molecule has 6 heteroatoms. The number of aromatic nitrogens is 4. The van der Waals surface area contributed by atoms with Crippen LogP contribution in [-0.4, -0.2) is 19.3 Å². The van der Waals surface area contributed by atoms with Crippen LogP contribution in [0.2, 0.25) is 0 Å². The summed E-state index contributed by atoms with van der Waals surface area (Å²) in [5, 5.41) is 4.21. The van der Waals surface area contributed by atoms with Crippen LogP contribution in [0.3, 0.4) is 0 Å². The standard InChI is InChI=1S/C10H16N6/c1-7-8(6-13-16(7)3)9(14-11)10-12-4-5-15(10)2/h4-6,9,14H,11H2,1-3H3. The van der Waals surface area contributed by atoms with E-state index in [1.54, 1.807) is 6.20 Å². The summed E-state index contributed by atoms with van der Waals surface area (Å²) in [4.78, 5) is 4.30. The van der Waals surface area contributed by atoms with Gasteiger partial charge < -0.3 is 4.57 Å². The number of hydrazine groups is 1. The van der Waals surface area contributed by atoms with Crippen molar-refractivity contribution in [3.63, 3.8) is 0 Å². The van der Waals surface area contributed by atoms with Crippen molar-refractivity contribution < 1.29 is 0 Å². The molecule has 3 N–H and O–H groups in total. The number of imidazole rings is 1. The maximum Gasteiger partial charge on any atom is 0.131 e. The van der Waals surface area contributed by atoms with Gasteiger partial charge >= 0.3 is 0 Å². The van der Waals surface area contributed by atoms with Gasteiger partial charge in [-0.25, -0.2) is 10.4 Å². The fourth-order valence-corrected chi connectivity index (χ4v) is 1.76. The fourth-order valence-electron chi connectivity index (χ4n) is 1.76. The summed E-state index contributed by atoms with van der Waals surface area (Å²) >= 11 is 0. The first-order chi connectivity index (χ1) is 7.65. The Kier molecular flexibility index (Phi) is 2.76. The Balaban J connectivity index is 2.45. The van der Waals surface area contributed by atoms with Crippen molar-refractivity contribution in [3.05, 3.63) is 35.7 Å². The Hall–Kier alpha value is -1.66. The molecule has 1 atom stereocenters. The molecular weight excluding hydrogens is 204 g/mol. The Morgan fingerprint density at radius 1 is 1.44 bits per heavy atom. The van der Waals surface area contributed by atoms with Gasteiger partial charge in [-0.1, -0.05) is 0 Å². The molecule has 2 rings (SSSR count). The fraction of sp³-hybridized carbons (Fsp3) is 0.400. The second-order valence-corrected chi connectivity index (χ2v) is 3.80. The maximum atomic E-state index is 5.60. The lowest BCUT2D eigenvalue weighted by Gasteiger charge is -2.15. The van der Waals surface area contributed by atoms with E-state index in [-0.39, 0.29) is 6.04 Å². The molecule has 0 aliphatic carbocycles. The molecule has 0 radical (unpaired) electrons. The number of hydrogen-bond acceptors (Lipinski definition) is 4. The Morgan fingerprint density at radius 2 is 2.19 bits per heavy atom. The first-order valence-electron chi connectivity index (χ1n) is 5.07. The van der Waals surface area contributed by atoms with Crippen LogP contribution in [0.1, 0.15) is 23.1 Å². The zero-order chi connectivity index (χ0) is 11.7. The molecule has 0 saturated carbocycles. The minimum Gasteiger partial charge on any atom is -0.336 e. The molecule has 0 amide bonds. The monoisotopic (exact) mass is 220 g/mol. The normalized spacial score (nSPS) is 13.0. The van der Waals surface area contributed by atoms with Crippen molar-refractivity contribution in [1.29, 1.82) is 0 Å². The van der Waals surface area contributed by atoms with Crippen LogP contribution in [0.25, 0.3) is 0 Å². The minimum atomic E-state index is -0.131. The van der Waals surface area contributed by atoms with Crippen LogP contribution in [0.15, 0.2) is 18.6 Å². The quantitative estimate of drug-likeness (QED) is 0.564. The highest BCUT2D eigenvalue weighted by Gasteiger charge is 2.20. The van der Waals surface area contributed by atoms with Crippen LogP contribution < -0.4 is 11.3 Å². The van der Waals surface area contributed by atoms with Gasteiger partial charge in [0.2, 0.25) is 0 Å². The second-order valence-electron chi connectivity index (χ2n) is 3.80. The molecule has 0 fully saturated rings. The number of nitrogens with two attached hydrogens (primary N) is 1. The molecule has 16 heavy (non-hydrogen) atoms. The predicted molar refractivity (Wildman–Crippen MR) is 60.3 cm³/mol. The first kappa shape index (κ1) is 10.8. The number of nitrogens with zero attached hydrogens (tertiary/aromatic N) is 4. The zero-order valence-corrected chi connectivity index (χ0v) is 9.68. The van der Waals surface area contributed by atoms with E-state index in [9.17, 15) is 0 Å². The minimum absolute atomic E-state index is 0.131. The summed E-state index contributed by atoms with van der Waals surface area (Å²) in [6, 6.07) is -0.131. The van der Waals surface area contributed by atoms with Crippen molar-refractivity contribution in [1.82, 2.24) is 24.8 Å². The summed E-state index contributed by atoms with van der Waals surface area (Å²) in [7, 11) is 3.85. The third kappa shape index (κ3) is 1.62. The number of hydrogen-bond donors (Lipinski definition) is 2. The van der Waals surface area contributed by atoms with E-state index < -0.39 is 0 Å². The van der Waals surface area contributed by atoms with E-state index in [1.165, 1.54) is 0 Å². The zero-order valence-electron chi connectivity index (χ0n) is 9.68. The SMILES string of the molecule is Cc1c(C(NN)c2nccn2C)cnn1C. The lowest BCUT2D eigenvalue weighted by atomic mass is 10.1. The molecule has 2 aromatic heterocycles. The molecule has 2 heterocycles. The van der Waals surface area contributed by atoms with Crippen LogP contribution >= 0.6 is 0 Å². The van der Waals surface area contributed by atoms with Gasteiger partial charge in [0.25, 0.3) is 0 Å². The first-order valence-corrected chi connectivity index (χ1v) is 5.07. The topological polar surface area (TPSA) is 73.7 Å². The summed E-state index contributed by atoms with van der Waals surface area (Å²) in [5.74, 6) is 6.48. The van der Waals surface area contributed by atoms with Crippen molar-refractivity contribution in [2.45, 2.75) is 13.0 Å². The van der Waals surface area contributed by atoms with Crippen molar-refractivity contribution >= 4 is 0 Å². The summed E-state index contributed by atoms with van der Waals surface area (Å²) in [5.41, 5.74) is 4.90. The average molecular weight is 220 g/mol. The molecule has 0 bridgehead atoms. The molecule has 0 aliphatic heterocycles. The van der Waals surface area contributed by atoms with E-state index in [1.807, 2.05) is 42.7 Å². The van der Waals surface area contributed by atoms with Gasteiger partial charge in [-0.2, -0.15) is 5.10 Å². The number of nitrogens with one attached hydrogen (secondary N) is 1. The van der Waals surface area contributed by atoms with Crippen LogP contribution in [-0.2, 0) is 14.1 Å². The highest BCUT2D eigenvalue weighted by atomic mass is 15.3. The third-order valence-corrected chi connectivity index (χ3v) is 2.87. The molecule has 0 spiro atoms. The number of rotatable bonds is 3. The van der Waals surface area contributed by atoms with Gasteiger partial charge in [0.1, 0.15) is 11.9 Å². The third-order valence-electron chi connectivity index (χ3n) is 2.87. The van der Waals surface area contributed by atoms with Crippen LogP contribution in [0.5, 0.6) is 0 Å². The maximum absolute atomic E-state index is 5.60. The molecule has 86 valence electrons. The van der Waals surface area contributed by atoms with Gasteiger partial charge in [0.15, 0.2) is 0 Å². The van der Waals surface area contributed by atoms with Crippen LogP contribution in [0.4, 0.5) is 0 Å². The van der Waals surface area contributed by atoms with Gasteiger partial charge in [-0.3, -0.25) is 10.5 Å². The Morgan fingerprint density at radius 3 is 2.62 bits per heavy atom. The Labute approximate surface area is 94.1 Å². The summed E-state index contributed by atoms with van der Waals surface area (Å²) in [6.07, 6.45) is 5.46. The average Bonchev–Trinajstić information content (AvgIpc) is 2.81. The van der Waals surface area contributed by atoms with Crippen LogP contribution in [0, 0.1) is 6.92 Å². The smallest absolute Gasteiger partial charge is 0.131 e. The second kappa shape index (κ2) is 4.07. The summed E-state index contributed by atoms with van der Waals surface area (Å²) < 4.78 is 3.76. The van der Waals surface area contributed by atoms with E-state index in [2.05, 4.69) is 15.5 Å². The highest BCUT2D eigenvalue weighted by Crippen LogP contribution is 2.21. The van der Waals surface area contributed by atoms with Gasteiger partial charge in [0, 0.05) is 37.7 Å². The Bertz CT molecular complexity index is 483. The predicted octanol–water partition coefficient (Wildman–Crippen LogP) is 0.0147. The van der Waals surface area contributed by atoms with E-state index >= 15 is 0 Å². The van der Waals surface area contributed by atoms with Crippen molar-refractivity contribution in [2.24, 2.45) is 19.9 Å². The lowest BCUT2D eigenvalue weighted by Crippen LogP contribution is -2.31. The largest absolute Gasteiger partial charge is 0.336 e. The number of aryl methyl sites for hydroxylation is 2. The lowest BCUT2D eigenvalue weighted by molar-refractivity contribution is 0.576. The van der Waals surface area contributed by atoms with Gasteiger partial charge in [-0.15, -0.1) is 0 Å². The molecule has 0 aliphatic rings. The highest BCUT2D eigenvalue weighted by molar-refractivity contribution is 5.26. The van der Waals surface area contributed by atoms with E-state index in [0.717, 1.165) is 17.1 Å². The van der Waals surface area contributed by atoms with Crippen molar-refractivity contribution in [3.8, 4) is 0 Å².